The molecule has 0 saturated carbocycles. The van der Waals surface area contributed by atoms with Crippen LogP contribution < -0.4 is 0 Å². The first-order valence-corrected chi connectivity index (χ1v) is 6.08. The largest absolute Gasteiger partial charge is 0.392 e. The van der Waals surface area contributed by atoms with Crippen LogP contribution in [0, 0.1) is 6.92 Å². The first-order valence-electron chi connectivity index (χ1n) is 5.10. The van der Waals surface area contributed by atoms with Gasteiger partial charge in [0.25, 0.3) is 0 Å². The van der Waals surface area contributed by atoms with Crippen molar-refractivity contribution in [1.29, 1.82) is 0 Å². The van der Waals surface area contributed by atoms with E-state index in [1.807, 2.05) is 13.0 Å². The van der Waals surface area contributed by atoms with Crippen molar-refractivity contribution in [2.45, 2.75) is 24.8 Å². The smallest absolute Gasteiger partial charge is 0.0692 e. The van der Waals surface area contributed by atoms with Crippen LogP contribution in [-0.4, -0.2) is 24.6 Å². The second kappa shape index (κ2) is 6.88. The number of thioether (sulfide) groups is 1. The summed E-state index contributed by atoms with van der Waals surface area (Å²) in [6, 6.07) is 6.20. The summed E-state index contributed by atoms with van der Waals surface area (Å²) in [5.41, 5.74) is 2.22. The quantitative estimate of drug-likeness (QED) is 0.597. The fraction of sp³-hybridized carbons (Fsp3) is 0.500. The molecule has 0 amide bonds. The van der Waals surface area contributed by atoms with Gasteiger partial charge in [-0.05, 0) is 25.0 Å². The molecule has 1 N–H and O–H groups in total. The molecule has 0 fully saturated rings. The molecule has 0 bridgehead atoms. The molecule has 1 aromatic rings. The van der Waals surface area contributed by atoms with Crippen molar-refractivity contribution in [2.75, 3.05) is 19.5 Å². The van der Waals surface area contributed by atoms with Gasteiger partial charge in [0.2, 0.25) is 0 Å². The van der Waals surface area contributed by atoms with Gasteiger partial charge in [-0.25, -0.2) is 0 Å². The zero-order chi connectivity index (χ0) is 11.1. The summed E-state index contributed by atoms with van der Waals surface area (Å²) >= 11 is 1.78. The third-order valence-electron chi connectivity index (χ3n) is 2.14. The zero-order valence-electron chi connectivity index (χ0n) is 9.32. The predicted octanol–water partition coefficient (Wildman–Crippen LogP) is 2.62. The Labute approximate surface area is 95.7 Å². The van der Waals surface area contributed by atoms with Gasteiger partial charge in [-0.3, -0.25) is 0 Å². The van der Waals surface area contributed by atoms with E-state index >= 15 is 0 Å². The third-order valence-corrected chi connectivity index (χ3v) is 3.34. The number of hydrogen-bond acceptors (Lipinski definition) is 3. The normalized spacial score (nSPS) is 10.6. The molecule has 0 spiro atoms. The van der Waals surface area contributed by atoms with Crippen LogP contribution in [0.5, 0.6) is 0 Å². The Balaban J connectivity index is 2.52. The van der Waals surface area contributed by atoms with Crippen LogP contribution >= 0.6 is 11.8 Å². The number of methoxy groups -OCH3 is 1. The second-order valence-electron chi connectivity index (χ2n) is 3.46. The number of hydrogen-bond donors (Lipinski definition) is 1. The van der Waals surface area contributed by atoms with E-state index < -0.39 is 0 Å². The molecular weight excluding hydrogens is 208 g/mol. The molecule has 0 atom stereocenters. The summed E-state index contributed by atoms with van der Waals surface area (Å²) in [4.78, 5) is 1.18. The van der Waals surface area contributed by atoms with E-state index in [0.29, 0.717) is 0 Å². The van der Waals surface area contributed by atoms with Crippen LogP contribution in [0.25, 0.3) is 0 Å². The molecule has 0 aliphatic heterocycles. The lowest BCUT2D eigenvalue weighted by atomic mass is 10.1. The highest BCUT2D eigenvalue weighted by atomic mass is 32.2. The van der Waals surface area contributed by atoms with Gasteiger partial charge in [-0.2, -0.15) is 0 Å². The SMILES string of the molecule is COCCCSc1ccc(C)cc1CO. The van der Waals surface area contributed by atoms with Gasteiger partial charge in [0.1, 0.15) is 0 Å². The Morgan fingerprint density at radius 1 is 1.40 bits per heavy atom. The van der Waals surface area contributed by atoms with Gasteiger partial charge in [-0.1, -0.05) is 17.7 Å². The molecular formula is C12H18O2S. The van der Waals surface area contributed by atoms with Gasteiger partial charge in [0.05, 0.1) is 6.61 Å². The molecule has 3 heteroatoms. The molecule has 0 heterocycles. The highest BCUT2D eigenvalue weighted by Crippen LogP contribution is 2.24. The zero-order valence-corrected chi connectivity index (χ0v) is 10.1. The second-order valence-corrected chi connectivity index (χ2v) is 4.60. The van der Waals surface area contributed by atoms with Crippen LogP contribution in [0.4, 0.5) is 0 Å². The van der Waals surface area contributed by atoms with Gasteiger partial charge < -0.3 is 9.84 Å². The lowest BCUT2D eigenvalue weighted by Gasteiger charge is -2.07. The summed E-state index contributed by atoms with van der Waals surface area (Å²) in [6.07, 6.45) is 1.04. The molecule has 0 aliphatic rings. The first-order chi connectivity index (χ1) is 7.27. The molecule has 0 radical (unpaired) electrons. The van der Waals surface area contributed by atoms with Crippen molar-refractivity contribution in [3.8, 4) is 0 Å². The number of aliphatic hydroxyl groups excluding tert-OH is 1. The van der Waals surface area contributed by atoms with Crippen molar-refractivity contribution in [3.05, 3.63) is 29.3 Å². The molecule has 1 rings (SSSR count). The monoisotopic (exact) mass is 226 g/mol. The van der Waals surface area contributed by atoms with Crippen molar-refractivity contribution in [3.63, 3.8) is 0 Å². The molecule has 84 valence electrons. The average Bonchev–Trinajstić information content (AvgIpc) is 2.26. The first kappa shape index (κ1) is 12.6. The molecule has 0 aromatic heterocycles. The summed E-state index contributed by atoms with van der Waals surface area (Å²) in [5, 5.41) is 9.21. The molecule has 0 unspecified atom stereocenters. The number of aliphatic hydroxyl groups is 1. The number of benzene rings is 1. The minimum absolute atomic E-state index is 0.119. The Hall–Kier alpha value is -0.510. The van der Waals surface area contributed by atoms with Gasteiger partial charge in [0.15, 0.2) is 0 Å². The summed E-state index contributed by atoms with van der Waals surface area (Å²) in [5.74, 6) is 1.03. The lowest BCUT2D eigenvalue weighted by molar-refractivity contribution is 0.200. The van der Waals surface area contributed by atoms with Crippen molar-refractivity contribution >= 4 is 11.8 Å². The molecule has 2 nitrogen and oxygen atoms in total. The van der Waals surface area contributed by atoms with E-state index in [1.165, 1.54) is 10.5 Å². The van der Waals surface area contributed by atoms with Crippen molar-refractivity contribution in [1.82, 2.24) is 0 Å². The Morgan fingerprint density at radius 2 is 2.20 bits per heavy atom. The van der Waals surface area contributed by atoms with E-state index in [0.717, 1.165) is 24.3 Å². The topological polar surface area (TPSA) is 29.5 Å². The maximum atomic E-state index is 9.21. The van der Waals surface area contributed by atoms with Crippen LogP contribution in [0.15, 0.2) is 23.1 Å². The minimum Gasteiger partial charge on any atom is -0.392 e. The highest BCUT2D eigenvalue weighted by molar-refractivity contribution is 7.99. The van der Waals surface area contributed by atoms with E-state index in [-0.39, 0.29) is 6.61 Å². The van der Waals surface area contributed by atoms with E-state index in [2.05, 4.69) is 12.1 Å². The van der Waals surface area contributed by atoms with Gasteiger partial charge >= 0.3 is 0 Å². The molecule has 1 aromatic carbocycles. The Kier molecular flexibility index (Phi) is 5.76. The highest BCUT2D eigenvalue weighted by Gasteiger charge is 2.02. The fourth-order valence-corrected chi connectivity index (χ4v) is 2.31. The summed E-state index contributed by atoms with van der Waals surface area (Å²) in [7, 11) is 1.72. The van der Waals surface area contributed by atoms with Crippen LogP contribution in [0.2, 0.25) is 0 Å². The van der Waals surface area contributed by atoms with E-state index in [1.54, 1.807) is 18.9 Å². The van der Waals surface area contributed by atoms with Crippen LogP contribution in [0.3, 0.4) is 0 Å². The Bertz CT molecular complexity index is 300. The molecule has 0 saturated heterocycles. The van der Waals surface area contributed by atoms with Crippen LogP contribution in [-0.2, 0) is 11.3 Å². The maximum Gasteiger partial charge on any atom is 0.0692 e. The predicted molar refractivity (Wildman–Crippen MR) is 64.3 cm³/mol. The average molecular weight is 226 g/mol. The lowest BCUT2D eigenvalue weighted by Crippen LogP contribution is -1.93. The van der Waals surface area contributed by atoms with Gasteiger partial charge in [0, 0.05) is 24.4 Å². The molecule has 15 heavy (non-hydrogen) atoms. The van der Waals surface area contributed by atoms with Crippen molar-refractivity contribution < 1.29 is 9.84 Å². The molecule has 0 aliphatic carbocycles. The standard InChI is InChI=1S/C12H18O2S/c1-10-4-5-12(11(8-10)9-13)15-7-3-6-14-2/h4-5,8,13H,3,6-7,9H2,1-2H3. The number of ether oxygens (including phenoxy) is 1. The third kappa shape index (κ3) is 4.24. The number of aryl methyl sites for hydroxylation is 1. The van der Waals surface area contributed by atoms with Crippen molar-refractivity contribution in [2.24, 2.45) is 0 Å². The van der Waals surface area contributed by atoms with E-state index in [4.69, 9.17) is 4.74 Å². The summed E-state index contributed by atoms with van der Waals surface area (Å²) < 4.78 is 4.99. The fourth-order valence-electron chi connectivity index (χ4n) is 1.36. The van der Waals surface area contributed by atoms with Gasteiger partial charge in [-0.15, -0.1) is 11.8 Å². The van der Waals surface area contributed by atoms with Crippen LogP contribution in [0.1, 0.15) is 17.5 Å². The Morgan fingerprint density at radius 3 is 2.87 bits per heavy atom. The summed E-state index contributed by atoms with van der Waals surface area (Å²) in [6.45, 7) is 2.96. The minimum atomic E-state index is 0.119. The maximum absolute atomic E-state index is 9.21. The number of rotatable bonds is 6. The van der Waals surface area contributed by atoms with E-state index in [9.17, 15) is 5.11 Å².